The maximum absolute atomic E-state index is 11.4. The van der Waals surface area contributed by atoms with Crippen LogP contribution in [0.3, 0.4) is 0 Å². The Balaban J connectivity index is 1.47. The van der Waals surface area contributed by atoms with E-state index in [2.05, 4.69) is 34.9 Å². The number of nitrogens with zero attached hydrogens (tertiary/aromatic N) is 3. The van der Waals surface area contributed by atoms with Gasteiger partial charge >= 0.3 is 0 Å². The van der Waals surface area contributed by atoms with Gasteiger partial charge in [-0.05, 0) is 49.7 Å². The van der Waals surface area contributed by atoms with Gasteiger partial charge in [-0.1, -0.05) is 23.5 Å². The van der Waals surface area contributed by atoms with Gasteiger partial charge in [-0.3, -0.25) is 4.79 Å². The predicted molar refractivity (Wildman–Crippen MR) is 105 cm³/mol. The van der Waals surface area contributed by atoms with E-state index in [-0.39, 0.29) is 5.78 Å². The summed E-state index contributed by atoms with van der Waals surface area (Å²) >= 11 is 1.78. The molecule has 1 fully saturated rings. The van der Waals surface area contributed by atoms with E-state index in [1.165, 1.54) is 16.0 Å². The van der Waals surface area contributed by atoms with E-state index < -0.39 is 0 Å². The molecule has 0 saturated carbocycles. The summed E-state index contributed by atoms with van der Waals surface area (Å²) in [5.74, 6) is 0.113. The summed E-state index contributed by atoms with van der Waals surface area (Å²) in [5, 5.41) is 1.12. The van der Waals surface area contributed by atoms with Gasteiger partial charge in [0.25, 0.3) is 0 Å². The van der Waals surface area contributed by atoms with Crippen LogP contribution >= 0.6 is 11.3 Å². The zero-order chi connectivity index (χ0) is 17.4. The van der Waals surface area contributed by atoms with Crippen LogP contribution in [0.25, 0.3) is 10.2 Å². The fourth-order valence-corrected chi connectivity index (χ4v) is 4.37. The number of Topliss-reactive ketones (excluding diaryl/α,β-unsaturated/α-hetero) is 1. The molecule has 2 heterocycles. The number of ketones is 1. The third-order valence-electron chi connectivity index (χ3n) is 4.80. The van der Waals surface area contributed by atoms with E-state index in [9.17, 15) is 4.79 Å². The number of hydrogen-bond acceptors (Lipinski definition) is 5. The molecule has 0 unspecified atom stereocenters. The van der Waals surface area contributed by atoms with Crippen molar-refractivity contribution in [2.75, 3.05) is 36.0 Å². The number of rotatable bonds is 3. The number of carbonyl (C=O) groups excluding carboxylic acids is 1. The van der Waals surface area contributed by atoms with Crippen molar-refractivity contribution in [3.8, 4) is 0 Å². The monoisotopic (exact) mass is 351 g/mol. The van der Waals surface area contributed by atoms with E-state index in [0.717, 1.165) is 42.4 Å². The lowest BCUT2D eigenvalue weighted by atomic mass is 10.1. The zero-order valence-electron chi connectivity index (χ0n) is 14.5. The van der Waals surface area contributed by atoms with Crippen LogP contribution in [0.15, 0.2) is 42.5 Å². The van der Waals surface area contributed by atoms with Gasteiger partial charge in [0.15, 0.2) is 10.9 Å². The number of benzene rings is 2. The molecular weight excluding hydrogens is 330 g/mol. The Morgan fingerprint density at radius 2 is 1.68 bits per heavy atom. The Labute approximate surface area is 151 Å². The molecule has 3 aromatic rings. The predicted octanol–water partition coefficient (Wildman–Crippen LogP) is 4.13. The first-order chi connectivity index (χ1) is 12.1. The summed E-state index contributed by atoms with van der Waals surface area (Å²) in [5.41, 5.74) is 4.32. The SMILES string of the molecule is CC(=O)c1ccc(N2CCN(c3nc4c(C)cccc4s3)CC2)cc1. The summed E-state index contributed by atoms with van der Waals surface area (Å²) in [4.78, 5) is 21.0. The van der Waals surface area contributed by atoms with Crippen LogP contribution in [0, 0.1) is 6.92 Å². The Morgan fingerprint density at radius 1 is 1.00 bits per heavy atom. The fourth-order valence-electron chi connectivity index (χ4n) is 3.27. The van der Waals surface area contributed by atoms with Crippen molar-refractivity contribution in [1.82, 2.24) is 4.98 Å². The molecule has 128 valence electrons. The minimum atomic E-state index is 0.113. The molecule has 0 N–H and O–H groups in total. The van der Waals surface area contributed by atoms with E-state index >= 15 is 0 Å². The largest absolute Gasteiger partial charge is 0.368 e. The first-order valence-corrected chi connectivity index (χ1v) is 9.40. The van der Waals surface area contributed by atoms with Crippen LogP contribution in [0.4, 0.5) is 10.8 Å². The summed E-state index contributed by atoms with van der Waals surface area (Å²) in [6, 6.07) is 14.3. The van der Waals surface area contributed by atoms with Crippen molar-refractivity contribution >= 4 is 38.2 Å². The van der Waals surface area contributed by atoms with Gasteiger partial charge in [0, 0.05) is 37.4 Å². The molecule has 2 aromatic carbocycles. The molecule has 0 aliphatic carbocycles. The maximum atomic E-state index is 11.4. The first-order valence-electron chi connectivity index (χ1n) is 8.59. The first kappa shape index (κ1) is 16.1. The molecule has 1 aromatic heterocycles. The molecule has 25 heavy (non-hydrogen) atoms. The molecule has 0 radical (unpaired) electrons. The molecule has 1 aliphatic rings. The van der Waals surface area contributed by atoms with Gasteiger partial charge in [-0.2, -0.15) is 0 Å². The Kier molecular flexibility index (Phi) is 4.17. The highest BCUT2D eigenvalue weighted by molar-refractivity contribution is 7.22. The highest BCUT2D eigenvalue weighted by Gasteiger charge is 2.20. The van der Waals surface area contributed by atoms with Crippen LogP contribution in [0.5, 0.6) is 0 Å². The minimum Gasteiger partial charge on any atom is -0.368 e. The molecule has 0 amide bonds. The summed E-state index contributed by atoms with van der Waals surface area (Å²) < 4.78 is 1.26. The molecule has 4 nitrogen and oxygen atoms in total. The van der Waals surface area contributed by atoms with Crippen LogP contribution in [-0.2, 0) is 0 Å². The smallest absolute Gasteiger partial charge is 0.186 e. The van der Waals surface area contributed by atoms with E-state index in [1.807, 2.05) is 24.3 Å². The minimum absolute atomic E-state index is 0.113. The van der Waals surface area contributed by atoms with Crippen molar-refractivity contribution in [2.24, 2.45) is 0 Å². The third kappa shape index (κ3) is 3.12. The standard InChI is InChI=1S/C20H21N3OS/c1-14-4-3-5-18-19(14)21-20(25-18)23-12-10-22(11-13-23)17-8-6-16(7-9-17)15(2)24/h3-9H,10-13H2,1-2H3. The number of anilines is 2. The Hall–Kier alpha value is -2.40. The topological polar surface area (TPSA) is 36.4 Å². The number of carbonyl (C=O) groups is 1. The van der Waals surface area contributed by atoms with Crippen molar-refractivity contribution in [3.05, 3.63) is 53.6 Å². The summed E-state index contributed by atoms with van der Waals surface area (Å²) in [6.07, 6.45) is 0. The second-order valence-electron chi connectivity index (χ2n) is 6.50. The van der Waals surface area contributed by atoms with E-state index in [0.29, 0.717) is 0 Å². The summed E-state index contributed by atoms with van der Waals surface area (Å²) in [7, 11) is 0. The number of para-hydroxylation sites is 1. The molecule has 4 rings (SSSR count). The average molecular weight is 351 g/mol. The molecule has 1 aliphatic heterocycles. The number of aromatic nitrogens is 1. The molecule has 1 saturated heterocycles. The zero-order valence-corrected chi connectivity index (χ0v) is 15.3. The summed E-state index contributed by atoms with van der Waals surface area (Å²) in [6.45, 7) is 7.59. The lowest BCUT2D eigenvalue weighted by molar-refractivity contribution is 0.101. The lowest BCUT2D eigenvalue weighted by Crippen LogP contribution is -2.46. The van der Waals surface area contributed by atoms with Crippen molar-refractivity contribution in [3.63, 3.8) is 0 Å². The number of hydrogen-bond donors (Lipinski definition) is 0. The molecule has 0 bridgehead atoms. The van der Waals surface area contributed by atoms with Gasteiger partial charge in [-0.25, -0.2) is 4.98 Å². The van der Waals surface area contributed by atoms with Crippen LogP contribution in [-0.4, -0.2) is 36.9 Å². The molecular formula is C20H21N3OS. The Bertz CT molecular complexity index is 908. The normalized spacial score (nSPS) is 15.0. The van der Waals surface area contributed by atoms with E-state index in [1.54, 1.807) is 18.3 Å². The number of thiazole rings is 1. The van der Waals surface area contributed by atoms with Crippen LogP contribution < -0.4 is 9.80 Å². The fraction of sp³-hybridized carbons (Fsp3) is 0.300. The van der Waals surface area contributed by atoms with Gasteiger partial charge in [0.2, 0.25) is 0 Å². The number of aryl methyl sites for hydroxylation is 1. The number of fused-ring (bicyclic) bond motifs is 1. The van der Waals surface area contributed by atoms with Gasteiger partial charge in [-0.15, -0.1) is 0 Å². The highest BCUT2D eigenvalue weighted by Crippen LogP contribution is 2.31. The van der Waals surface area contributed by atoms with Gasteiger partial charge in [0.1, 0.15) is 0 Å². The number of piperazine rings is 1. The van der Waals surface area contributed by atoms with E-state index in [4.69, 9.17) is 4.98 Å². The average Bonchev–Trinajstić information content (AvgIpc) is 3.08. The van der Waals surface area contributed by atoms with Crippen LogP contribution in [0.1, 0.15) is 22.8 Å². The quantitative estimate of drug-likeness (QED) is 0.665. The van der Waals surface area contributed by atoms with Crippen molar-refractivity contribution in [1.29, 1.82) is 0 Å². The maximum Gasteiger partial charge on any atom is 0.186 e. The van der Waals surface area contributed by atoms with Gasteiger partial charge in [0.05, 0.1) is 10.2 Å². The molecule has 0 atom stereocenters. The highest BCUT2D eigenvalue weighted by atomic mass is 32.1. The van der Waals surface area contributed by atoms with Crippen molar-refractivity contribution < 1.29 is 4.79 Å². The van der Waals surface area contributed by atoms with Gasteiger partial charge < -0.3 is 9.80 Å². The van der Waals surface area contributed by atoms with Crippen LogP contribution in [0.2, 0.25) is 0 Å². The second-order valence-corrected chi connectivity index (χ2v) is 7.50. The Morgan fingerprint density at radius 3 is 2.32 bits per heavy atom. The molecule has 5 heteroatoms. The second kappa shape index (κ2) is 6.48. The lowest BCUT2D eigenvalue weighted by Gasteiger charge is -2.36. The van der Waals surface area contributed by atoms with Crippen molar-refractivity contribution in [2.45, 2.75) is 13.8 Å². The molecule has 0 spiro atoms. The third-order valence-corrected chi connectivity index (χ3v) is 5.88.